The third-order valence-electron chi connectivity index (χ3n) is 5.92. The Morgan fingerprint density at radius 2 is 1.52 bits per heavy atom. The maximum Gasteiger partial charge on any atom is 0.243 e. The predicted molar refractivity (Wildman–Crippen MR) is 124 cm³/mol. The molecule has 164 valence electrons. The largest absolute Gasteiger partial charge is 0.377 e. The van der Waals surface area contributed by atoms with Crippen LogP contribution in [0.2, 0.25) is 0 Å². The Morgan fingerprint density at radius 3 is 2.19 bits per heavy atom. The Morgan fingerprint density at radius 1 is 0.871 bits per heavy atom. The summed E-state index contributed by atoms with van der Waals surface area (Å²) < 4.78 is 41.6. The molecule has 0 unspecified atom stereocenters. The van der Waals surface area contributed by atoms with Crippen LogP contribution in [0.4, 0.5) is 10.1 Å². The molecule has 0 radical (unpaired) electrons. The van der Waals surface area contributed by atoms with Gasteiger partial charge in [0.2, 0.25) is 10.0 Å². The standard InChI is InChI=1S/C24H28FN3O2S/c1-26(2)23-7-3-6-22-21(23)5-4-8-24(22)31(29,30)28-17-15-27(16-18-28)14-13-19-9-11-20(25)12-10-19/h3-12H,13-18H2,1-2H3. The summed E-state index contributed by atoms with van der Waals surface area (Å²) in [5.41, 5.74) is 2.09. The van der Waals surface area contributed by atoms with Crippen LogP contribution in [0.3, 0.4) is 0 Å². The van der Waals surface area contributed by atoms with Crippen molar-refractivity contribution in [1.82, 2.24) is 9.21 Å². The van der Waals surface area contributed by atoms with Crippen LogP contribution in [-0.2, 0) is 16.4 Å². The van der Waals surface area contributed by atoms with Crippen molar-refractivity contribution in [3.8, 4) is 0 Å². The van der Waals surface area contributed by atoms with Gasteiger partial charge in [0.1, 0.15) is 5.82 Å². The average molecular weight is 442 g/mol. The predicted octanol–water partition coefficient (Wildman–Crippen LogP) is 3.59. The topological polar surface area (TPSA) is 43.9 Å². The molecule has 0 amide bonds. The third kappa shape index (κ3) is 4.59. The second-order valence-electron chi connectivity index (χ2n) is 8.15. The number of halogens is 1. The van der Waals surface area contributed by atoms with Crippen molar-refractivity contribution in [3.05, 3.63) is 72.0 Å². The van der Waals surface area contributed by atoms with Gasteiger partial charge in [-0.1, -0.05) is 36.4 Å². The Kier molecular flexibility index (Phi) is 6.27. The number of rotatable bonds is 6. The Hall–Kier alpha value is -2.48. The fraction of sp³-hybridized carbons (Fsp3) is 0.333. The van der Waals surface area contributed by atoms with E-state index < -0.39 is 10.0 Å². The normalized spacial score (nSPS) is 16.0. The van der Waals surface area contributed by atoms with Gasteiger partial charge in [-0.3, -0.25) is 0 Å². The number of hydrogen-bond acceptors (Lipinski definition) is 4. The molecule has 0 bridgehead atoms. The van der Waals surface area contributed by atoms with E-state index in [1.807, 2.05) is 49.3 Å². The Bertz CT molecular complexity index is 1160. The van der Waals surface area contributed by atoms with E-state index in [4.69, 9.17) is 0 Å². The molecule has 31 heavy (non-hydrogen) atoms. The van der Waals surface area contributed by atoms with E-state index in [2.05, 4.69) is 4.90 Å². The molecule has 3 aromatic rings. The highest BCUT2D eigenvalue weighted by atomic mass is 32.2. The molecule has 0 spiro atoms. The number of fused-ring (bicyclic) bond motifs is 1. The number of hydrogen-bond donors (Lipinski definition) is 0. The van der Waals surface area contributed by atoms with E-state index in [9.17, 15) is 12.8 Å². The second kappa shape index (κ2) is 8.94. The van der Waals surface area contributed by atoms with E-state index in [1.165, 1.54) is 12.1 Å². The summed E-state index contributed by atoms with van der Waals surface area (Å²) in [4.78, 5) is 4.63. The van der Waals surface area contributed by atoms with Gasteiger partial charge in [0, 0.05) is 63.3 Å². The maximum absolute atomic E-state index is 13.5. The van der Waals surface area contributed by atoms with Crippen LogP contribution in [0.5, 0.6) is 0 Å². The van der Waals surface area contributed by atoms with E-state index >= 15 is 0 Å². The first-order valence-corrected chi connectivity index (χ1v) is 12.0. The molecule has 1 aliphatic rings. The molecule has 7 heteroatoms. The molecule has 0 N–H and O–H groups in total. The lowest BCUT2D eigenvalue weighted by Crippen LogP contribution is -2.49. The summed E-state index contributed by atoms with van der Waals surface area (Å²) in [7, 11) is 0.339. The lowest BCUT2D eigenvalue weighted by molar-refractivity contribution is 0.190. The molecule has 0 atom stereocenters. The van der Waals surface area contributed by atoms with Crippen LogP contribution >= 0.6 is 0 Å². The number of anilines is 1. The van der Waals surface area contributed by atoms with Crippen LogP contribution in [0.1, 0.15) is 5.56 Å². The highest BCUT2D eigenvalue weighted by Gasteiger charge is 2.29. The smallest absolute Gasteiger partial charge is 0.243 e. The highest BCUT2D eigenvalue weighted by Crippen LogP contribution is 2.31. The number of nitrogens with zero attached hydrogens (tertiary/aromatic N) is 3. The zero-order valence-corrected chi connectivity index (χ0v) is 18.8. The van der Waals surface area contributed by atoms with Crippen molar-refractivity contribution < 1.29 is 12.8 Å². The van der Waals surface area contributed by atoms with Crippen LogP contribution < -0.4 is 4.90 Å². The summed E-state index contributed by atoms with van der Waals surface area (Å²) in [6, 6.07) is 17.8. The van der Waals surface area contributed by atoms with Gasteiger partial charge in [0.05, 0.1) is 4.90 Å². The van der Waals surface area contributed by atoms with Gasteiger partial charge in [0.15, 0.2) is 0 Å². The van der Waals surface area contributed by atoms with E-state index in [0.29, 0.717) is 31.1 Å². The van der Waals surface area contributed by atoms with Crippen molar-refractivity contribution in [2.45, 2.75) is 11.3 Å². The lowest BCUT2D eigenvalue weighted by Gasteiger charge is -2.34. The third-order valence-corrected chi connectivity index (χ3v) is 7.88. The highest BCUT2D eigenvalue weighted by molar-refractivity contribution is 7.89. The van der Waals surface area contributed by atoms with Crippen molar-refractivity contribution in [2.24, 2.45) is 0 Å². The van der Waals surface area contributed by atoms with Crippen LogP contribution in [0.25, 0.3) is 10.8 Å². The lowest BCUT2D eigenvalue weighted by atomic mass is 10.1. The van der Waals surface area contributed by atoms with Crippen LogP contribution in [0, 0.1) is 5.82 Å². The zero-order valence-electron chi connectivity index (χ0n) is 18.0. The molecule has 0 saturated carbocycles. The number of benzene rings is 3. The summed E-state index contributed by atoms with van der Waals surface area (Å²) in [5, 5.41) is 1.69. The van der Waals surface area contributed by atoms with Gasteiger partial charge in [-0.15, -0.1) is 0 Å². The van der Waals surface area contributed by atoms with Gasteiger partial charge >= 0.3 is 0 Å². The molecule has 1 saturated heterocycles. The van der Waals surface area contributed by atoms with Gasteiger partial charge in [-0.05, 0) is 36.2 Å². The molecular formula is C24H28FN3O2S. The molecule has 5 nitrogen and oxygen atoms in total. The molecule has 1 aliphatic heterocycles. The van der Waals surface area contributed by atoms with Crippen LogP contribution in [0.15, 0.2) is 65.6 Å². The molecule has 4 rings (SSSR count). The summed E-state index contributed by atoms with van der Waals surface area (Å²) in [6.07, 6.45) is 0.823. The first-order valence-electron chi connectivity index (χ1n) is 10.5. The van der Waals surface area contributed by atoms with E-state index in [0.717, 1.165) is 35.0 Å². The van der Waals surface area contributed by atoms with Gasteiger partial charge in [-0.2, -0.15) is 4.31 Å². The van der Waals surface area contributed by atoms with Gasteiger partial charge in [0.25, 0.3) is 0 Å². The summed E-state index contributed by atoms with van der Waals surface area (Å²) in [5.74, 6) is -0.228. The minimum Gasteiger partial charge on any atom is -0.377 e. The van der Waals surface area contributed by atoms with Crippen molar-refractivity contribution >= 4 is 26.5 Å². The van der Waals surface area contributed by atoms with Crippen molar-refractivity contribution in [1.29, 1.82) is 0 Å². The number of piperazine rings is 1. The fourth-order valence-corrected chi connectivity index (χ4v) is 5.78. The zero-order chi connectivity index (χ0) is 22.0. The van der Waals surface area contributed by atoms with E-state index in [1.54, 1.807) is 22.5 Å². The Balaban J connectivity index is 1.47. The minimum absolute atomic E-state index is 0.228. The number of sulfonamides is 1. The molecule has 0 aromatic heterocycles. The SMILES string of the molecule is CN(C)c1cccc2c(S(=O)(=O)N3CCN(CCc4ccc(F)cc4)CC3)cccc12. The fourth-order valence-electron chi connectivity index (χ4n) is 4.15. The molecule has 0 aliphatic carbocycles. The monoisotopic (exact) mass is 441 g/mol. The maximum atomic E-state index is 13.5. The molecule has 1 heterocycles. The average Bonchev–Trinajstić information content (AvgIpc) is 2.78. The van der Waals surface area contributed by atoms with Crippen molar-refractivity contribution in [3.63, 3.8) is 0 Å². The summed E-state index contributed by atoms with van der Waals surface area (Å²) in [6.45, 7) is 3.15. The molecule has 3 aromatic carbocycles. The van der Waals surface area contributed by atoms with Crippen LogP contribution in [-0.4, -0.2) is 64.4 Å². The van der Waals surface area contributed by atoms with Crippen molar-refractivity contribution in [2.75, 3.05) is 51.7 Å². The van der Waals surface area contributed by atoms with Gasteiger partial charge < -0.3 is 9.80 Å². The molecular weight excluding hydrogens is 413 g/mol. The van der Waals surface area contributed by atoms with Gasteiger partial charge in [-0.25, -0.2) is 12.8 Å². The second-order valence-corrected chi connectivity index (χ2v) is 10.1. The first-order chi connectivity index (χ1) is 14.9. The molecule has 1 fully saturated rings. The quantitative estimate of drug-likeness (QED) is 0.586. The minimum atomic E-state index is -3.58. The van der Waals surface area contributed by atoms with E-state index in [-0.39, 0.29) is 5.82 Å². The Labute approximate surface area is 183 Å². The summed E-state index contributed by atoms with van der Waals surface area (Å²) >= 11 is 0. The first kappa shape index (κ1) is 21.7.